The first kappa shape index (κ1) is 15.5. The summed E-state index contributed by atoms with van der Waals surface area (Å²) in [4.78, 5) is 12.2. The molecule has 2 aromatic rings. The molecule has 0 fully saturated rings. The number of amides is 1. The Hall–Kier alpha value is -1.91. The van der Waals surface area contributed by atoms with Gasteiger partial charge in [0, 0.05) is 16.8 Å². The minimum Gasteiger partial charge on any atom is -0.493 e. The van der Waals surface area contributed by atoms with Crippen LogP contribution in [0.25, 0.3) is 0 Å². The summed E-state index contributed by atoms with van der Waals surface area (Å²) in [6, 6.07) is 9.78. The van der Waals surface area contributed by atoms with Crippen molar-refractivity contribution in [3.05, 3.63) is 52.0 Å². The summed E-state index contributed by atoms with van der Waals surface area (Å²) in [6.07, 6.45) is 0. The molecule has 6 heteroatoms. The molecule has 0 bridgehead atoms. The van der Waals surface area contributed by atoms with Crippen LogP contribution in [-0.2, 0) is 0 Å². The number of anilines is 1. The van der Waals surface area contributed by atoms with Crippen LogP contribution in [0.4, 0.5) is 5.69 Å². The summed E-state index contributed by atoms with van der Waals surface area (Å²) in [5.41, 5.74) is 0.868. The number of benzene rings is 2. The fourth-order valence-electron chi connectivity index (χ4n) is 1.78. The van der Waals surface area contributed by atoms with Crippen molar-refractivity contribution in [2.24, 2.45) is 0 Å². The van der Waals surface area contributed by atoms with Crippen LogP contribution in [0.2, 0.25) is 10.0 Å². The van der Waals surface area contributed by atoms with E-state index in [9.17, 15) is 4.79 Å². The van der Waals surface area contributed by atoms with Gasteiger partial charge < -0.3 is 14.8 Å². The van der Waals surface area contributed by atoms with Gasteiger partial charge in [-0.15, -0.1) is 0 Å². The molecule has 1 N–H and O–H groups in total. The summed E-state index contributed by atoms with van der Waals surface area (Å²) < 4.78 is 10.3. The second-order valence-corrected chi connectivity index (χ2v) is 4.99. The lowest BCUT2D eigenvalue weighted by molar-refractivity contribution is 0.102. The maximum absolute atomic E-state index is 12.2. The largest absolute Gasteiger partial charge is 0.493 e. The molecule has 0 aromatic heterocycles. The summed E-state index contributed by atoms with van der Waals surface area (Å²) in [6.45, 7) is 0. The molecule has 4 nitrogen and oxygen atoms in total. The summed E-state index contributed by atoms with van der Waals surface area (Å²) in [5, 5.41) is 3.51. The minimum atomic E-state index is -0.352. The molecule has 0 aliphatic rings. The molecule has 0 unspecified atom stereocenters. The summed E-state index contributed by atoms with van der Waals surface area (Å²) in [7, 11) is 3.07. The van der Waals surface area contributed by atoms with Gasteiger partial charge in [0.15, 0.2) is 11.5 Å². The van der Waals surface area contributed by atoms with E-state index in [0.29, 0.717) is 32.8 Å². The molecule has 110 valence electrons. The maximum Gasteiger partial charge on any atom is 0.257 e. The molecule has 0 aliphatic heterocycles. The van der Waals surface area contributed by atoms with Gasteiger partial charge in [-0.05, 0) is 30.3 Å². The number of rotatable bonds is 4. The molecule has 0 heterocycles. The fourth-order valence-corrected chi connectivity index (χ4v) is 2.16. The SMILES string of the molecule is COc1ccc(NC(=O)c2cc(Cl)ccc2Cl)cc1OC. The van der Waals surface area contributed by atoms with E-state index in [2.05, 4.69) is 5.32 Å². The van der Waals surface area contributed by atoms with E-state index < -0.39 is 0 Å². The quantitative estimate of drug-likeness (QED) is 0.913. The second-order valence-electron chi connectivity index (χ2n) is 4.15. The second kappa shape index (κ2) is 6.70. The third kappa shape index (κ3) is 3.60. The topological polar surface area (TPSA) is 47.6 Å². The van der Waals surface area contributed by atoms with Crippen LogP contribution in [0.5, 0.6) is 11.5 Å². The normalized spacial score (nSPS) is 10.1. The summed E-state index contributed by atoms with van der Waals surface area (Å²) in [5.74, 6) is 0.749. The van der Waals surface area contributed by atoms with Crippen LogP contribution in [0.1, 0.15) is 10.4 Å². The van der Waals surface area contributed by atoms with E-state index >= 15 is 0 Å². The lowest BCUT2D eigenvalue weighted by Crippen LogP contribution is -2.12. The van der Waals surface area contributed by atoms with Crippen LogP contribution in [0, 0.1) is 0 Å². The number of carbonyl (C=O) groups is 1. The molecule has 0 radical (unpaired) electrons. The van der Waals surface area contributed by atoms with Crippen molar-refractivity contribution in [1.29, 1.82) is 0 Å². The van der Waals surface area contributed by atoms with Crippen LogP contribution in [0.3, 0.4) is 0 Å². The van der Waals surface area contributed by atoms with Crippen LogP contribution in [0.15, 0.2) is 36.4 Å². The Bertz CT molecular complexity index is 674. The first-order valence-corrected chi connectivity index (χ1v) is 6.79. The van der Waals surface area contributed by atoms with Gasteiger partial charge in [-0.1, -0.05) is 23.2 Å². The van der Waals surface area contributed by atoms with Crippen molar-refractivity contribution in [2.45, 2.75) is 0 Å². The molecule has 0 spiro atoms. The van der Waals surface area contributed by atoms with E-state index in [-0.39, 0.29) is 5.91 Å². The van der Waals surface area contributed by atoms with Gasteiger partial charge in [-0.2, -0.15) is 0 Å². The first-order valence-electron chi connectivity index (χ1n) is 6.03. The van der Waals surface area contributed by atoms with Crippen molar-refractivity contribution < 1.29 is 14.3 Å². The number of halogens is 2. The van der Waals surface area contributed by atoms with Gasteiger partial charge in [0.2, 0.25) is 0 Å². The zero-order valence-electron chi connectivity index (χ0n) is 11.4. The Morgan fingerprint density at radius 1 is 1.00 bits per heavy atom. The van der Waals surface area contributed by atoms with Gasteiger partial charge in [0.1, 0.15) is 0 Å². The van der Waals surface area contributed by atoms with Gasteiger partial charge in [-0.3, -0.25) is 4.79 Å². The predicted molar refractivity (Wildman–Crippen MR) is 84.0 cm³/mol. The highest BCUT2D eigenvalue weighted by atomic mass is 35.5. The van der Waals surface area contributed by atoms with Crippen molar-refractivity contribution in [3.8, 4) is 11.5 Å². The molecular formula is C15H13Cl2NO3. The van der Waals surface area contributed by atoms with Crippen molar-refractivity contribution in [1.82, 2.24) is 0 Å². The Balaban J connectivity index is 2.25. The van der Waals surface area contributed by atoms with Gasteiger partial charge >= 0.3 is 0 Å². The molecule has 0 saturated carbocycles. The van der Waals surface area contributed by atoms with E-state index in [1.54, 1.807) is 37.4 Å². The van der Waals surface area contributed by atoms with Crippen molar-refractivity contribution >= 4 is 34.8 Å². The van der Waals surface area contributed by atoms with Crippen LogP contribution in [-0.4, -0.2) is 20.1 Å². The van der Waals surface area contributed by atoms with Crippen LogP contribution >= 0.6 is 23.2 Å². The molecule has 21 heavy (non-hydrogen) atoms. The highest BCUT2D eigenvalue weighted by Crippen LogP contribution is 2.30. The number of nitrogens with one attached hydrogen (secondary N) is 1. The van der Waals surface area contributed by atoms with Crippen molar-refractivity contribution in [2.75, 3.05) is 19.5 Å². The third-order valence-electron chi connectivity index (χ3n) is 2.81. The van der Waals surface area contributed by atoms with E-state index in [0.717, 1.165) is 0 Å². The molecule has 1 amide bonds. The number of methoxy groups -OCH3 is 2. The van der Waals surface area contributed by atoms with E-state index in [1.165, 1.54) is 13.2 Å². The highest BCUT2D eigenvalue weighted by molar-refractivity contribution is 6.36. The van der Waals surface area contributed by atoms with Gasteiger partial charge in [-0.25, -0.2) is 0 Å². The minimum absolute atomic E-state index is 0.305. The first-order chi connectivity index (χ1) is 10.0. The zero-order chi connectivity index (χ0) is 15.4. The smallest absolute Gasteiger partial charge is 0.257 e. The standard InChI is InChI=1S/C15H13Cl2NO3/c1-20-13-6-4-10(8-14(13)21-2)18-15(19)11-7-9(16)3-5-12(11)17/h3-8H,1-2H3,(H,18,19). The molecule has 2 aromatic carbocycles. The van der Waals surface area contributed by atoms with Gasteiger partial charge in [0.05, 0.1) is 24.8 Å². The Labute approximate surface area is 132 Å². The predicted octanol–water partition coefficient (Wildman–Crippen LogP) is 4.26. The number of hydrogen-bond donors (Lipinski definition) is 1. The molecule has 0 aliphatic carbocycles. The van der Waals surface area contributed by atoms with E-state index in [4.69, 9.17) is 32.7 Å². The van der Waals surface area contributed by atoms with E-state index in [1.807, 2.05) is 0 Å². The Kier molecular flexibility index (Phi) is 4.94. The maximum atomic E-state index is 12.2. The Morgan fingerprint density at radius 3 is 2.38 bits per heavy atom. The average Bonchev–Trinajstić information content (AvgIpc) is 2.49. The molecule has 2 rings (SSSR count). The Morgan fingerprint density at radius 2 is 1.71 bits per heavy atom. The fraction of sp³-hybridized carbons (Fsp3) is 0.133. The average molecular weight is 326 g/mol. The molecular weight excluding hydrogens is 313 g/mol. The monoisotopic (exact) mass is 325 g/mol. The number of carbonyl (C=O) groups excluding carboxylic acids is 1. The number of ether oxygens (including phenoxy) is 2. The lowest BCUT2D eigenvalue weighted by atomic mass is 10.2. The highest BCUT2D eigenvalue weighted by Gasteiger charge is 2.12. The van der Waals surface area contributed by atoms with Crippen LogP contribution < -0.4 is 14.8 Å². The van der Waals surface area contributed by atoms with Gasteiger partial charge in [0.25, 0.3) is 5.91 Å². The lowest BCUT2D eigenvalue weighted by Gasteiger charge is -2.11. The molecule has 0 saturated heterocycles. The summed E-state index contributed by atoms with van der Waals surface area (Å²) >= 11 is 11.9. The van der Waals surface area contributed by atoms with Crippen molar-refractivity contribution in [3.63, 3.8) is 0 Å². The zero-order valence-corrected chi connectivity index (χ0v) is 13.0. The molecule has 0 atom stereocenters. The third-order valence-corrected chi connectivity index (χ3v) is 3.38. The number of hydrogen-bond acceptors (Lipinski definition) is 3.